The van der Waals surface area contributed by atoms with Crippen LogP contribution in [0, 0.1) is 0 Å². The van der Waals surface area contributed by atoms with Gasteiger partial charge in [-0.2, -0.15) is 8.42 Å². The second-order valence-electron chi connectivity index (χ2n) is 3.25. The highest BCUT2D eigenvalue weighted by molar-refractivity contribution is 7.86. The summed E-state index contributed by atoms with van der Waals surface area (Å²) in [5.74, 6) is -0.514. The van der Waals surface area contributed by atoms with Crippen LogP contribution < -0.4 is 5.73 Å². The first-order valence-electron chi connectivity index (χ1n) is 3.63. The van der Waals surface area contributed by atoms with Crippen LogP contribution in [0.2, 0.25) is 0 Å². The number of hydrogen-bond donors (Lipinski definition) is 1. The SMILES string of the molecule is Cl.NC1(CS(=O)(=O)F)CCCC1. The minimum Gasteiger partial charge on any atom is -0.324 e. The topological polar surface area (TPSA) is 60.2 Å². The lowest BCUT2D eigenvalue weighted by Crippen LogP contribution is -2.42. The highest BCUT2D eigenvalue weighted by atomic mass is 35.5. The zero-order chi connectivity index (χ0) is 8.54. The molecule has 1 aliphatic carbocycles. The van der Waals surface area contributed by atoms with Crippen molar-refractivity contribution in [1.82, 2.24) is 0 Å². The van der Waals surface area contributed by atoms with Crippen LogP contribution in [0.25, 0.3) is 0 Å². The van der Waals surface area contributed by atoms with E-state index in [2.05, 4.69) is 0 Å². The Morgan fingerprint density at radius 1 is 1.33 bits per heavy atom. The van der Waals surface area contributed by atoms with E-state index in [-0.39, 0.29) is 12.4 Å². The van der Waals surface area contributed by atoms with Gasteiger partial charge in [-0.15, -0.1) is 16.3 Å². The summed E-state index contributed by atoms with van der Waals surface area (Å²) in [5.41, 5.74) is 4.84. The van der Waals surface area contributed by atoms with Crippen LogP contribution in [0.15, 0.2) is 0 Å². The predicted molar refractivity (Wildman–Crippen MR) is 47.5 cm³/mol. The molecule has 0 aromatic heterocycles. The summed E-state index contributed by atoms with van der Waals surface area (Å²) >= 11 is 0. The fourth-order valence-electron chi connectivity index (χ4n) is 1.57. The van der Waals surface area contributed by atoms with Crippen molar-refractivity contribution in [1.29, 1.82) is 0 Å². The number of nitrogens with two attached hydrogens (primary N) is 1. The van der Waals surface area contributed by atoms with Crippen LogP contribution in [0.1, 0.15) is 25.7 Å². The van der Waals surface area contributed by atoms with Gasteiger partial charge in [0.1, 0.15) is 0 Å². The molecular weight excluding hydrogens is 205 g/mol. The first-order chi connectivity index (χ1) is 4.91. The minimum atomic E-state index is -4.39. The molecule has 0 unspecified atom stereocenters. The summed E-state index contributed by atoms with van der Waals surface area (Å²) in [6, 6.07) is 0. The molecule has 0 heterocycles. The fraction of sp³-hybridized carbons (Fsp3) is 1.00. The summed E-state index contributed by atoms with van der Waals surface area (Å²) < 4.78 is 32.7. The fourth-order valence-corrected chi connectivity index (χ4v) is 2.54. The zero-order valence-corrected chi connectivity index (χ0v) is 8.26. The Kier molecular flexibility index (Phi) is 3.93. The van der Waals surface area contributed by atoms with E-state index in [9.17, 15) is 12.3 Å². The Morgan fingerprint density at radius 3 is 2.08 bits per heavy atom. The largest absolute Gasteiger partial charge is 0.324 e. The minimum absolute atomic E-state index is 0. The third kappa shape index (κ3) is 3.69. The number of hydrogen-bond acceptors (Lipinski definition) is 3. The average molecular weight is 218 g/mol. The molecular formula is C6H13ClFNO2S. The summed E-state index contributed by atoms with van der Waals surface area (Å²) in [5, 5.41) is 0. The van der Waals surface area contributed by atoms with Crippen molar-refractivity contribution >= 4 is 22.6 Å². The molecule has 2 N–H and O–H groups in total. The Labute approximate surface area is 78.1 Å². The lowest BCUT2D eigenvalue weighted by molar-refractivity contribution is 0.464. The van der Waals surface area contributed by atoms with E-state index in [0.717, 1.165) is 12.8 Å². The second kappa shape index (κ2) is 3.89. The van der Waals surface area contributed by atoms with Crippen molar-refractivity contribution in [2.24, 2.45) is 5.73 Å². The van der Waals surface area contributed by atoms with Crippen molar-refractivity contribution in [2.45, 2.75) is 31.2 Å². The maximum atomic E-state index is 12.2. The van der Waals surface area contributed by atoms with Gasteiger partial charge in [-0.25, -0.2) is 0 Å². The maximum Gasteiger partial charge on any atom is 0.304 e. The quantitative estimate of drug-likeness (QED) is 0.702. The Balaban J connectivity index is 0.00000121. The van der Waals surface area contributed by atoms with E-state index in [0.29, 0.717) is 12.8 Å². The van der Waals surface area contributed by atoms with Gasteiger partial charge in [0.05, 0.1) is 5.75 Å². The molecule has 3 nitrogen and oxygen atoms in total. The predicted octanol–water partition coefficient (Wildman–Crippen LogP) is 0.979. The van der Waals surface area contributed by atoms with Crippen LogP contribution >= 0.6 is 12.4 Å². The third-order valence-electron chi connectivity index (χ3n) is 2.06. The van der Waals surface area contributed by atoms with Crippen molar-refractivity contribution < 1.29 is 12.3 Å². The van der Waals surface area contributed by atoms with E-state index in [1.165, 1.54) is 0 Å². The lowest BCUT2D eigenvalue weighted by atomic mass is 10.0. The zero-order valence-electron chi connectivity index (χ0n) is 6.62. The molecule has 12 heavy (non-hydrogen) atoms. The first kappa shape index (κ1) is 12.1. The molecule has 74 valence electrons. The standard InChI is InChI=1S/C6H12FNO2S.ClH/c7-11(9,10)5-6(8)3-1-2-4-6;/h1-5,8H2;1H. The highest BCUT2D eigenvalue weighted by Crippen LogP contribution is 2.28. The number of rotatable bonds is 2. The average Bonchev–Trinajstić information content (AvgIpc) is 2.09. The molecule has 1 rings (SSSR count). The van der Waals surface area contributed by atoms with Gasteiger partial charge in [0, 0.05) is 5.54 Å². The van der Waals surface area contributed by atoms with E-state index >= 15 is 0 Å². The third-order valence-corrected chi connectivity index (χ3v) is 2.98. The molecule has 1 saturated carbocycles. The molecule has 0 atom stereocenters. The molecule has 0 aromatic carbocycles. The van der Waals surface area contributed by atoms with E-state index < -0.39 is 21.5 Å². The molecule has 0 saturated heterocycles. The van der Waals surface area contributed by atoms with Gasteiger partial charge in [0.15, 0.2) is 0 Å². The lowest BCUT2D eigenvalue weighted by Gasteiger charge is -2.20. The second-order valence-corrected chi connectivity index (χ2v) is 4.62. The first-order valence-corrected chi connectivity index (χ1v) is 5.18. The van der Waals surface area contributed by atoms with E-state index in [1.807, 2.05) is 0 Å². The van der Waals surface area contributed by atoms with Crippen molar-refractivity contribution in [2.75, 3.05) is 5.75 Å². The summed E-state index contributed by atoms with van der Waals surface area (Å²) in [4.78, 5) is 0. The summed E-state index contributed by atoms with van der Waals surface area (Å²) in [7, 11) is -4.39. The molecule has 0 bridgehead atoms. The molecule has 0 spiro atoms. The van der Waals surface area contributed by atoms with Gasteiger partial charge in [-0.1, -0.05) is 12.8 Å². The van der Waals surface area contributed by atoms with Crippen molar-refractivity contribution in [3.8, 4) is 0 Å². The van der Waals surface area contributed by atoms with Crippen LogP contribution in [-0.2, 0) is 10.2 Å². The molecule has 1 aliphatic rings. The van der Waals surface area contributed by atoms with Crippen LogP contribution in [-0.4, -0.2) is 19.7 Å². The van der Waals surface area contributed by atoms with Gasteiger partial charge < -0.3 is 5.73 Å². The van der Waals surface area contributed by atoms with E-state index in [4.69, 9.17) is 5.73 Å². The Hall–Kier alpha value is 0.130. The van der Waals surface area contributed by atoms with Crippen LogP contribution in [0.5, 0.6) is 0 Å². The normalized spacial score (nSPS) is 21.8. The Bertz CT molecular complexity index is 236. The van der Waals surface area contributed by atoms with Crippen molar-refractivity contribution in [3.63, 3.8) is 0 Å². The van der Waals surface area contributed by atoms with E-state index in [1.54, 1.807) is 0 Å². The number of halogens is 2. The van der Waals surface area contributed by atoms with Crippen molar-refractivity contribution in [3.05, 3.63) is 0 Å². The summed E-state index contributed by atoms with van der Waals surface area (Å²) in [6.07, 6.45) is 3.06. The van der Waals surface area contributed by atoms with Gasteiger partial charge in [0.2, 0.25) is 0 Å². The molecule has 0 aliphatic heterocycles. The monoisotopic (exact) mass is 217 g/mol. The van der Waals surface area contributed by atoms with Gasteiger partial charge in [-0.3, -0.25) is 0 Å². The molecule has 6 heteroatoms. The van der Waals surface area contributed by atoms with Gasteiger partial charge >= 0.3 is 10.2 Å². The van der Waals surface area contributed by atoms with Gasteiger partial charge in [-0.05, 0) is 12.8 Å². The van der Waals surface area contributed by atoms with Gasteiger partial charge in [0.25, 0.3) is 0 Å². The summed E-state index contributed by atoms with van der Waals surface area (Å²) in [6.45, 7) is 0. The Morgan fingerprint density at radius 2 is 1.75 bits per heavy atom. The van der Waals surface area contributed by atoms with Crippen LogP contribution in [0.3, 0.4) is 0 Å². The molecule has 0 amide bonds. The smallest absolute Gasteiger partial charge is 0.304 e. The molecule has 0 radical (unpaired) electrons. The molecule has 0 aromatic rings. The highest BCUT2D eigenvalue weighted by Gasteiger charge is 2.34. The molecule has 1 fully saturated rings. The maximum absolute atomic E-state index is 12.2. The van der Waals surface area contributed by atoms with Crippen LogP contribution in [0.4, 0.5) is 3.89 Å².